The van der Waals surface area contributed by atoms with Gasteiger partial charge in [-0.3, -0.25) is 9.59 Å². The second-order valence-electron chi connectivity index (χ2n) is 3.62. The second-order valence-corrected chi connectivity index (χ2v) is 3.62. The number of aliphatic hydroxyl groups excluding tert-OH is 1. The first-order valence-electron chi connectivity index (χ1n) is 5.17. The number of hydrogen-bond acceptors (Lipinski definition) is 3. The van der Waals surface area contributed by atoms with Crippen LogP contribution >= 0.6 is 0 Å². The van der Waals surface area contributed by atoms with E-state index in [2.05, 4.69) is 4.98 Å². The largest absolute Gasteiger partial charge is 0.396 e. The molecule has 0 atom stereocenters. The molecule has 0 unspecified atom stereocenters. The zero-order valence-electron chi connectivity index (χ0n) is 8.94. The molecule has 0 radical (unpaired) electrons. The number of nitrogens with zero attached hydrogens (tertiary/aromatic N) is 1. The molecule has 1 aromatic carbocycles. The van der Waals surface area contributed by atoms with Crippen LogP contribution in [-0.2, 0) is 6.54 Å². The van der Waals surface area contributed by atoms with Gasteiger partial charge in [-0.2, -0.15) is 0 Å². The van der Waals surface area contributed by atoms with Gasteiger partial charge in [-0.25, -0.2) is 4.39 Å². The Hall–Kier alpha value is -1.95. The van der Waals surface area contributed by atoms with Crippen molar-refractivity contribution >= 4 is 11.0 Å². The summed E-state index contributed by atoms with van der Waals surface area (Å²) in [6, 6.07) is 4.22. The zero-order valence-corrected chi connectivity index (χ0v) is 8.94. The summed E-state index contributed by atoms with van der Waals surface area (Å²) >= 11 is 0. The fourth-order valence-corrected chi connectivity index (χ4v) is 1.71. The lowest BCUT2D eigenvalue weighted by Crippen LogP contribution is -2.36. The van der Waals surface area contributed by atoms with Crippen molar-refractivity contribution in [3.05, 3.63) is 44.7 Å². The van der Waals surface area contributed by atoms with E-state index in [1.165, 1.54) is 16.7 Å². The Morgan fingerprint density at radius 3 is 2.82 bits per heavy atom. The average Bonchev–Trinajstić information content (AvgIpc) is 2.31. The Kier molecular flexibility index (Phi) is 3.06. The molecule has 2 aromatic rings. The van der Waals surface area contributed by atoms with Crippen molar-refractivity contribution in [1.29, 1.82) is 0 Å². The predicted octanol–water partition coefficient (Wildman–Crippen LogP) is 0.211. The predicted molar refractivity (Wildman–Crippen MR) is 60.5 cm³/mol. The summed E-state index contributed by atoms with van der Waals surface area (Å²) in [6.07, 6.45) is 0.328. The fraction of sp³-hybridized carbons (Fsp3) is 0.273. The van der Waals surface area contributed by atoms with Crippen molar-refractivity contribution in [3.8, 4) is 0 Å². The molecule has 5 nitrogen and oxygen atoms in total. The molecular formula is C11H11FN2O3. The van der Waals surface area contributed by atoms with Gasteiger partial charge >= 0.3 is 11.1 Å². The second kappa shape index (κ2) is 4.50. The molecule has 90 valence electrons. The van der Waals surface area contributed by atoms with Crippen LogP contribution in [0.3, 0.4) is 0 Å². The van der Waals surface area contributed by atoms with Crippen molar-refractivity contribution in [3.63, 3.8) is 0 Å². The van der Waals surface area contributed by atoms with E-state index in [1.807, 2.05) is 0 Å². The van der Waals surface area contributed by atoms with Crippen molar-refractivity contribution in [2.75, 3.05) is 6.61 Å². The third-order valence-corrected chi connectivity index (χ3v) is 2.50. The topological polar surface area (TPSA) is 75.1 Å². The van der Waals surface area contributed by atoms with Crippen LogP contribution in [0.15, 0.2) is 27.8 Å². The molecule has 2 rings (SSSR count). The van der Waals surface area contributed by atoms with E-state index in [0.717, 1.165) is 0 Å². The van der Waals surface area contributed by atoms with Crippen molar-refractivity contribution in [2.45, 2.75) is 13.0 Å². The maximum absolute atomic E-state index is 13.5. The number of fused-ring (bicyclic) bond motifs is 1. The van der Waals surface area contributed by atoms with Gasteiger partial charge in [-0.1, -0.05) is 6.07 Å². The van der Waals surface area contributed by atoms with E-state index in [9.17, 15) is 14.0 Å². The van der Waals surface area contributed by atoms with Gasteiger partial charge in [0.25, 0.3) is 0 Å². The molecule has 1 aromatic heterocycles. The molecule has 0 saturated carbocycles. The Morgan fingerprint density at radius 1 is 1.35 bits per heavy atom. The quantitative estimate of drug-likeness (QED) is 0.751. The summed E-state index contributed by atoms with van der Waals surface area (Å²) < 4.78 is 14.6. The number of H-pyrrole nitrogens is 1. The van der Waals surface area contributed by atoms with Crippen LogP contribution in [0.25, 0.3) is 11.0 Å². The summed E-state index contributed by atoms with van der Waals surface area (Å²) in [5.74, 6) is -0.586. The van der Waals surface area contributed by atoms with E-state index in [0.29, 0.717) is 11.9 Å². The van der Waals surface area contributed by atoms with Gasteiger partial charge in [0.1, 0.15) is 11.3 Å². The van der Waals surface area contributed by atoms with E-state index >= 15 is 0 Å². The van der Waals surface area contributed by atoms with Gasteiger partial charge in [0.15, 0.2) is 0 Å². The minimum absolute atomic E-state index is 0.00930. The molecule has 0 spiro atoms. The number of aromatic amines is 1. The first-order chi connectivity index (χ1) is 8.15. The minimum atomic E-state index is -0.861. The highest BCUT2D eigenvalue weighted by molar-refractivity contribution is 5.74. The van der Waals surface area contributed by atoms with Gasteiger partial charge in [0.2, 0.25) is 0 Å². The third kappa shape index (κ3) is 1.99. The number of nitrogens with one attached hydrogen (secondary N) is 1. The molecule has 0 aliphatic heterocycles. The van der Waals surface area contributed by atoms with Gasteiger partial charge in [-0.05, 0) is 18.6 Å². The summed E-state index contributed by atoms with van der Waals surface area (Å²) in [5, 5.41) is 8.74. The van der Waals surface area contributed by atoms with E-state index in [4.69, 9.17) is 5.11 Å². The van der Waals surface area contributed by atoms with Crippen LogP contribution in [0.4, 0.5) is 4.39 Å². The van der Waals surface area contributed by atoms with E-state index in [-0.39, 0.29) is 18.7 Å². The average molecular weight is 238 g/mol. The first-order valence-corrected chi connectivity index (χ1v) is 5.17. The smallest absolute Gasteiger partial charge is 0.316 e. The van der Waals surface area contributed by atoms with Gasteiger partial charge in [0.05, 0.1) is 5.52 Å². The molecule has 0 saturated heterocycles. The summed E-state index contributed by atoms with van der Waals surface area (Å²) in [5.41, 5.74) is -1.27. The SMILES string of the molecule is O=c1[nH]c2c(F)cccc2n(CCCO)c1=O. The summed E-state index contributed by atoms with van der Waals surface area (Å²) in [7, 11) is 0. The van der Waals surface area contributed by atoms with E-state index in [1.54, 1.807) is 6.07 Å². The summed E-state index contributed by atoms with van der Waals surface area (Å²) in [4.78, 5) is 25.2. The molecule has 2 N–H and O–H groups in total. The van der Waals surface area contributed by atoms with Crippen LogP contribution in [0, 0.1) is 5.82 Å². The summed E-state index contributed by atoms with van der Waals surface area (Å²) in [6.45, 7) is 0.0786. The highest BCUT2D eigenvalue weighted by atomic mass is 19.1. The number of benzene rings is 1. The molecule has 0 amide bonds. The monoisotopic (exact) mass is 238 g/mol. The standard InChI is InChI=1S/C11H11FN2O3/c12-7-3-1-4-8-9(7)13-10(16)11(17)14(8)5-2-6-15/h1,3-4,15H,2,5-6H2,(H,13,16). The third-order valence-electron chi connectivity index (χ3n) is 2.50. The maximum atomic E-state index is 13.5. The number of aryl methyl sites for hydroxylation is 1. The highest BCUT2D eigenvalue weighted by Crippen LogP contribution is 2.12. The fourth-order valence-electron chi connectivity index (χ4n) is 1.71. The van der Waals surface area contributed by atoms with Crippen molar-refractivity contribution < 1.29 is 9.50 Å². The maximum Gasteiger partial charge on any atom is 0.316 e. The lowest BCUT2D eigenvalue weighted by Gasteiger charge is -2.08. The number of halogens is 1. The van der Waals surface area contributed by atoms with Crippen LogP contribution in [0.5, 0.6) is 0 Å². The molecule has 0 fully saturated rings. The molecule has 0 bridgehead atoms. The Bertz CT molecular complexity index is 660. The van der Waals surface area contributed by atoms with Crippen molar-refractivity contribution in [2.24, 2.45) is 0 Å². The van der Waals surface area contributed by atoms with Crippen molar-refractivity contribution in [1.82, 2.24) is 9.55 Å². The lowest BCUT2D eigenvalue weighted by molar-refractivity contribution is 0.280. The highest BCUT2D eigenvalue weighted by Gasteiger charge is 2.09. The normalized spacial score (nSPS) is 10.9. The van der Waals surface area contributed by atoms with Crippen LogP contribution in [-0.4, -0.2) is 21.3 Å². The number of rotatable bonds is 3. The molecular weight excluding hydrogens is 227 g/mol. The van der Waals surface area contributed by atoms with E-state index < -0.39 is 16.9 Å². The van der Waals surface area contributed by atoms with Crippen LogP contribution in [0.2, 0.25) is 0 Å². The molecule has 1 heterocycles. The minimum Gasteiger partial charge on any atom is -0.396 e. The zero-order chi connectivity index (χ0) is 12.4. The van der Waals surface area contributed by atoms with Crippen LogP contribution < -0.4 is 11.1 Å². The Labute approximate surface area is 95.1 Å². The first kappa shape index (κ1) is 11.5. The van der Waals surface area contributed by atoms with Gasteiger partial charge in [0, 0.05) is 13.2 Å². The number of aromatic nitrogens is 2. The van der Waals surface area contributed by atoms with Crippen LogP contribution in [0.1, 0.15) is 6.42 Å². The Morgan fingerprint density at radius 2 is 2.12 bits per heavy atom. The van der Waals surface area contributed by atoms with Gasteiger partial charge < -0.3 is 14.7 Å². The lowest BCUT2D eigenvalue weighted by atomic mass is 10.2. The number of para-hydroxylation sites is 1. The molecule has 0 aliphatic carbocycles. The number of aliphatic hydroxyl groups is 1. The molecule has 17 heavy (non-hydrogen) atoms. The number of hydrogen-bond donors (Lipinski definition) is 2. The Balaban J connectivity index is 2.78. The van der Waals surface area contributed by atoms with Gasteiger partial charge in [-0.15, -0.1) is 0 Å². The molecule has 6 heteroatoms. The molecule has 0 aliphatic rings.